The highest BCUT2D eigenvalue weighted by atomic mass is 16.5. The Hall–Kier alpha value is -1.02. The van der Waals surface area contributed by atoms with Gasteiger partial charge in [0.1, 0.15) is 5.75 Å². The van der Waals surface area contributed by atoms with Gasteiger partial charge in [0.15, 0.2) is 0 Å². The van der Waals surface area contributed by atoms with Crippen molar-refractivity contribution in [2.45, 2.75) is 26.2 Å². The number of piperidine rings is 3. The molecule has 3 aliphatic rings. The number of fused-ring (bicyclic) bond motifs is 3. The fraction of sp³-hybridized carbons (Fsp3) is 0.600. The summed E-state index contributed by atoms with van der Waals surface area (Å²) in [4.78, 5) is 2.58. The molecule has 0 saturated carbocycles. The van der Waals surface area contributed by atoms with Gasteiger partial charge in [-0.2, -0.15) is 0 Å². The highest BCUT2D eigenvalue weighted by molar-refractivity contribution is 5.27. The Morgan fingerprint density at radius 3 is 2.53 bits per heavy atom. The van der Waals surface area contributed by atoms with E-state index in [4.69, 9.17) is 4.74 Å². The molecule has 2 bridgehead atoms. The van der Waals surface area contributed by atoms with E-state index >= 15 is 0 Å². The molecule has 2 heteroatoms. The van der Waals surface area contributed by atoms with E-state index < -0.39 is 0 Å². The lowest BCUT2D eigenvalue weighted by molar-refractivity contribution is -0.00767. The lowest BCUT2D eigenvalue weighted by Gasteiger charge is -2.48. The molecule has 4 rings (SSSR count). The fourth-order valence-corrected chi connectivity index (χ4v) is 3.05. The summed E-state index contributed by atoms with van der Waals surface area (Å²) in [6, 6.07) is 8.40. The quantitative estimate of drug-likeness (QED) is 0.793. The van der Waals surface area contributed by atoms with Crippen LogP contribution in [0.4, 0.5) is 0 Å². The Morgan fingerprint density at radius 2 is 1.88 bits per heavy atom. The molecule has 0 aliphatic carbocycles. The zero-order valence-corrected chi connectivity index (χ0v) is 10.6. The van der Waals surface area contributed by atoms with Crippen molar-refractivity contribution < 1.29 is 4.74 Å². The molecular weight excluding hydrogens is 210 g/mol. The van der Waals surface area contributed by atoms with Crippen LogP contribution < -0.4 is 4.74 Å². The topological polar surface area (TPSA) is 12.5 Å². The summed E-state index contributed by atoms with van der Waals surface area (Å²) in [6.07, 6.45) is 3.95. The van der Waals surface area contributed by atoms with Crippen molar-refractivity contribution in [3.63, 3.8) is 0 Å². The standard InChI is InChI=1S/C15H21NO/c1-13-3-2-4-14(11-13)17-12-15-5-8-16(9-6-15)10-7-15/h2-4,11H,5-10,12H2,1H3. The maximum atomic E-state index is 6.03. The molecule has 2 nitrogen and oxygen atoms in total. The minimum absolute atomic E-state index is 0.471. The highest BCUT2D eigenvalue weighted by Gasteiger charge is 2.39. The van der Waals surface area contributed by atoms with Crippen molar-refractivity contribution in [1.82, 2.24) is 4.90 Å². The Kier molecular flexibility index (Phi) is 2.83. The largest absolute Gasteiger partial charge is 0.493 e. The van der Waals surface area contributed by atoms with Crippen LogP contribution in [0.5, 0.6) is 5.75 Å². The van der Waals surface area contributed by atoms with Gasteiger partial charge in [0.2, 0.25) is 0 Å². The van der Waals surface area contributed by atoms with Gasteiger partial charge in [-0.05, 0) is 63.5 Å². The van der Waals surface area contributed by atoms with Gasteiger partial charge in [-0.15, -0.1) is 0 Å². The first-order valence-electron chi connectivity index (χ1n) is 6.68. The van der Waals surface area contributed by atoms with Crippen LogP contribution in [-0.4, -0.2) is 31.1 Å². The smallest absolute Gasteiger partial charge is 0.119 e. The van der Waals surface area contributed by atoms with Gasteiger partial charge in [-0.3, -0.25) is 0 Å². The minimum Gasteiger partial charge on any atom is -0.493 e. The number of ether oxygens (including phenoxy) is 1. The van der Waals surface area contributed by atoms with Crippen LogP contribution in [0.3, 0.4) is 0 Å². The highest BCUT2D eigenvalue weighted by Crippen LogP contribution is 2.40. The van der Waals surface area contributed by atoms with Crippen LogP contribution in [0.25, 0.3) is 0 Å². The number of nitrogens with zero attached hydrogens (tertiary/aromatic N) is 1. The van der Waals surface area contributed by atoms with E-state index in [-0.39, 0.29) is 0 Å². The van der Waals surface area contributed by atoms with Crippen LogP contribution in [0.15, 0.2) is 24.3 Å². The monoisotopic (exact) mass is 231 g/mol. The zero-order chi connectivity index (χ0) is 11.7. The van der Waals surface area contributed by atoms with E-state index in [1.54, 1.807) is 0 Å². The second kappa shape index (κ2) is 4.34. The summed E-state index contributed by atoms with van der Waals surface area (Å²) in [7, 11) is 0. The second-order valence-corrected chi connectivity index (χ2v) is 5.70. The number of rotatable bonds is 3. The Morgan fingerprint density at radius 1 is 1.18 bits per heavy atom. The third-order valence-electron chi connectivity index (χ3n) is 4.41. The van der Waals surface area contributed by atoms with E-state index in [0.29, 0.717) is 5.41 Å². The summed E-state index contributed by atoms with van der Waals surface area (Å²) >= 11 is 0. The van der Waals surface area contributed by atoms with E-state index in [1.807, 2.05) is 0 Å². The third kappa shape index (κ3) is 2.32. The normalized spacial score (nSPS) is 31.5. The number of hydrogen-bond donors (Lipinski definition) is 0. The second-order valence-electron chi connectivity index (χ2n) is 5.70. The first kappa shape index (κ1) is 11.1. The Labute approximate surface area is 104 Å². The molecule has 0 unspecified atom stereocenters. The molecule has 3 fully saturated rings. The molecule has 3 aliphatic heterocycles. The van der Waals surface area contributed by atoms with Crippen molar-refractivity contribution in [3.05, 3.63) is 29.8 Å². The summed E-state index contributed by atoms with van der Waals surface area (Å²) in [6.45, 7) is 6.85. The number of aryl methyl sites for hydroxylation is 1. The van der Waals surface area contributed by atoms with Gasteiger partial charge in [0, 0.05) is 5.41 Å². The Balaban J connectivity index is 1.63. The van der Waals surface area contributed by atoms with E-state index in [9.17, 15) is 0 Å². The summed E-state index contributed by atoms with van der Waals surface area (Å²) in [5.74, 6) is 1.03. The van der Waals surface area contributed by atoms with E-state index in [0.717, 1.165) is 12.4 Å². The Bertz CT molecular complexity index is 380. The molecule has 0 atom stereocenters. The number of benzene rings is 1. The molecule has 92 valence electrons. The van der Waals surface area contributed by atoms with Gasteiger partial charge in [0.25, 0.3) is 0 Å². The predicted molar refractivity (Wildman–Crippen MR) is 69.4 cm³/mol. The van der Waals surface area contributed by atoms with Gasteiger partial charge >= 0.3 is 0 Å². The first-order chi connectivity index (χ1) is 8.26. The van der Waals surface area contributed by atoms with Crippen molar-refractivity contribution >= 4 is 0 Å². The molecule has 3 heterocycles. The summed E-state index contributed by atoms with van der Waals surface area (Å²) in [5, 5.41) is 0. The molecule has 0 spiro atoms. The SMILES string of the molecule is Cc1cccc(OCC23CCN(CC2)CC3)c1. The molecule has 0 amide bonds. The average molecular weight is 231 g/mol. The van der Waals surface area contributed by atoms with Crippen LogP contribution in [0.1, 0.15) is 24.8 Å². The minimum atomic E-state index is 0.471. The van der Waals surface area contributed by atoms with E-state index in [2.05, 4.69) is 36.1 Å². The van der Waals surface area contributed by atoms with Crippen molar-refractivity contribution in [2.24, 2.45) is 5.41 Å². The summed E-state index contributed by atoms with van der Waals surface area (Å²) in [5.41, 5.74) is 1.75. The van der Waals surface area contributed by atoms with Crippen molar-refractivity contribution in [1.29, 1.82) is 0 Å². The van der Waals surface area contributed by atoms with Crippen molar-refractivity contribution in [2.75, 3.05) is 26.2 Å². The lowest BCUT2D eigenvalue weighted by atomic mass is 9.73. The summed E-state index contributed by atoms with van der Waals surface area (Å²) < 4.78 is 6.03. The maximum absolute atomic E-state index is 6.03. The molecule has 0 aromatic heterocycles. The first-order valence-corrected chi connectivity index (χ1v) is 6.68. The van der Waals surface area contributed by atoms with Gasteiger partial charge in [-0.1, -0.05) is 12.1 Å². The molecular formula is C15H21NO. The average Bonchev–Trinajstić information content (AvgIpc) is 2.39. The van der Waals surface area contributed by atoms with Crippen LogP contribution >= 0.6 is 0 Å². The van der Waals surface area contributed by atoms with E-state index in [1.165, 1.54) is 44.5 Å². The molecule has 0 N–H and O–H groups in total. The third-order valence-corrected chi connectivity index (χ3v) is 4.41. The molecule has 1 aromatic carbocycles. The van der Waals surface area contributed by atoms with Gasteiger partial charge in [-0.25, -0.2) is 0 Å². The van der Waals surface area contributed by atoms with Gasteiger partial charge in [0.05, 0.1) is 6.61 Å². The number of hydrogen-bond acceptors (Lipinski definition) is 2. The fourth-order valence-electron chi connectivity index (χ4n) is 3.05. The molecule has 3 saturated heterocycles. The lowest BCUT2D eigenvalue weighted by Crippen LogP contribution is -2.50. The molecule has 1 aromatic rings. The predicted octanol–water partition coefficient (Wildman–Crippen LogP) is 2.86. The van der Waals surface area contributed by atoms with Crippen LogP contribution in [0, 0.1) is 12.3 Å². The van der Waals surface area contributed by atoms with Crippen LogP contribution in [-0.2, 0) is 0 Å². The molecule has 0 radical (unpaired) electrons. The molecule has 17 heavy (non-hydrogen) atoms. The van der Waals surface area contributed by atoms with Gasteiger partial charge < -0.3 is 9.64 Å². The zero-order valence-electron chi connectivity index (χ0n) is 10.6. The van der Waals surface area contributed by atoms with Crippen LogP contribution in [0.2, 0.25) is 0 Å². The van der Waals surface area contributed by atoms with Crippen molar-refractivity contribution in [3.8, 4) is 5.75 Å². The maximum Gasteiger partial charge on any atom is 0.119 e.